The van der Waals surface area contributed by atoms with Gasteiger partial charge in [-0.3, -0.25) is 4.79 Å². The second-order valence-corrected chi connectivity index (χ2v) is 3.35. The largest absolute Gasteiger partial charge is 0.480 e. The van der Waals surface area contributed by atoms with E-state index in [9.17, 15) is 9.59 Å². The number of carboxylic acid groups (broad SMARTS) is 1. The summed E-state index contributed by atoms with van der Waals surface area (Å²) in [7, 11) is 1.53. The number of carbonyl (C=O) groups is 2. The lowest BCUT2D eigenvalue weighted by Crippen LogP contribution is -2.41. The number of rotatable bonds is 6. The van der Waals surface area contributed by atoms with Crippen molar-refractivity contribution in [3.05, 3.63) is 0 Å². The minimum absolute atomic E-state index is 0.308. The normalized spacial score (nSPS) is 12.2. The van der Waals surface area contributed by atoms with Gasteiger partial charge in [0.05, 0.1) is 5.94 Å². The molecule has 0 fully saturated rings. The summed E-state index contributed by atoms with van der Waals surface area (Å²) in [4.78, 5) is 21.1. The van der Waals surface area contributed by atoms with Gasteiger partial charge in [0.15, 0.2) is 0 Å². The van der Waals surface area contributed by atoms with Crippen LogP contribution in [0.15, 0.2) is 0 Å². The van der Waals surface area contributed by atoms with Gasteiger partial charge in [0, 0.05) is 19.8 Å². The summed E-state index contributed by atoms with van der Waals surface area (Å²) in [6.45, 7) is 1.29. The predicted octanol–water partition coefficient (Wildman–Crippen LogP) is -0.0872. The monoisotopic (exact) mass is 207 g/mol. The average molecular weight is 207 g/mol. The molecule has 0 aliphatic carbocycles. The van der Waals surface area contributed by atoms with Crippen molar-refractivity contribution in [2.75, 3.05) is 18.8 Å². The van der Waals surface area contributed by atoms with Crippen LogP contribution in [0.25, 0.3) is 0 Å². The SMILES string of the molecule is COCSC[C@H](NC(C)=O)C(=O)O. The lowest BCUT2D eigenvalue weighted by molar-refractivity contribution is -0.140. The van der Waals surface area contributed by atoms with Gasteiger partial charge < -0.3 is 15.2 Å². The van der Waals surface area contributed by atoms with Crippen molar-refractivity contribution < 1.29 is 19.4 Å². The van der Waals surface area contributed by atoms with E-state index < -0.39 is 12.0 Å². The Morgan fingerprint density at radius 1 is 1.62 bits per heavy atom. The first kappa shape index (κ1) is 12.2. The maximum absolute atomic E-state index is 10.6. The third-order valence-electron chi connectivity index (χ3n) is 1.16. The van der Waals surface area contributed by atoms with E-state index >= 15 is 0 Å². The van der Waals surface area contributed by atoms with Gasteiger partial charge >= 0.3 is 5.97 Å². The minimum atomic E-state index is -1.03. The van der Waals surface area contributed by atoms with Gasteiger partial charge in [-0.2, -0.15) is 0 Å². The van der Waals surface area contributed by atoms with Gasteiger partial charge in [0.25, 0.3) is 0 Å². The first-order chi connectivity index (χ1) is 6.07. The van der Waals surface area contributed by atoms with E-state index in [0.717, 1.165) is 0 Å². The second-order valence-electron chi connectivity index (χ2n) is 2.37. The van der Waals surface area contributed by atoms with Gasteiger partial charge in [0.2, 0.25) is 5.91 Å². The zero-order valence-corrected chi connectivity index (χ0v) is 8.39. The fourth-order valence-electron chi connectivity index (χ4n) is 0.669. The molecule has 5 nitrogen and oxygen atoms in total. The van der Waals surface area contributed by atoms with Crippen LogP contribution in [0.4, 0.5) is 0 Å². The molecule has 76 valence electrons. The summed E-state index contributed by atoms with van der Waals surface area (Å²) in [5, 5.41) is 11.0. The molecule has 1 amide bonds. The van der Waals surface area contributed by atoms with Crippen LogP contribution in [0.1, 0.15) is 6.92 Å². The van der Waals surface area contributed by atoms with Crippen molar-refractivity contribution in [3.8, 4) is 0 Å². The molecule has 6 heteroatoms. The third kappa shape index (κ3) is 6.41. The first-order valence-electron chi connectivity index (χ1n) is 3.64. The number of carbonyl (C=O) groups excluding carboxylic acids is 1. The van der Waals surface area contributed by atoms with Crippen molar-refractivity contribution in [1.29, 1.82) is 0 Å². The highest BCUT2D eigenvalue weighted by atomic mass is 32.2. The highest BCUT2D eigenvalue weighted by molar-refractivity contribution is 7.99. The average Bonchev–Trinajstić information content (AvgIpc) is 2.02. The molecular formula is C7H13NO4S. The van der Waals surface area contributed by atoms with E-state index in [2.05, 4.69) is 5.32 Å². The maximum Gasteiger partial charge on any atom is 0.327 e. The molecular weight excluding hydrogens is 194 g/mol. The van der Waals surface area contributed by atoms with Crippen LogP contribution in [-0.2, 0) is 14.3 Å². The molecule has 0 radical (unpaired) electrons. The van der Waals surface area contributed by atoms with Crippen molar-refractivity contribution in [2.45, 2.75) is 13.0 Å². The zero-order valence-electron chi connectivity index (χ0n) is 7.57. The molecule has 2 N–H and O–H groups in total. The van der Waals surface area contributed by atoms with Crippen molar-refractivity contribution in [1.82, 2.24) is 5.32 Å². The first-order valence-corrected chi connectivity index (χ1v) is 4.80. The highest BCUT2D eigenvalue weighted by Gasteiger charge is 2.17. The molecule has 0 aromatic rings. The molecule has 0 aliphatic rings. The molecule has 0 aromatic heterocycles. The molecule has 0 heterocycles. The molecule has 13 heavy (non-hydrogen) atoms. The van der Waals surface area contributed by atoms with E-state index in [1.807, 2.05) is 0 Å². The Morgan fingerprint density at radius 2 is 2.23 bits per heavy atom. The van der Waals surface area contributed by atoms with Gasteiger partial charge in [-0.25, -0.2) is 4.79 Å². The minimum Gasteiger partial charge on any atom is -0.480 e. The Morgan fingerprint density at radius 3 is 2.62 bits per heavy atom. The van der Waals surface area contributed by atoms with E-state index in [-0.39, 0.29) is 5.91 Å². The van der Waals surface area contributed by atoms with Crippen LogP contribution in [-0.4, -0.2) is 41.8 Å². The van der Waals surface area contributed by atoms with Crippen LogP contribution in [0.2, 0.25) is 0 Å². The van der Waals surface area contributed by atoms with E-state index in [0.29, 0.717) is 11.7 Å². The third-order valence-corrected chi connectivity index (χ3v) is 2.13. The standard InChI is InChI=1S/C7H13NO4S/c1-5(9)8-6(7(10)11)3-13-4-12-2/h6H,3-4H2,1-2H3,(H,8,9)(H,10,11)/t6-/m0/s1. The molecule has 0 bridgehead atoms. The molecule has 0 spiro atoms. The van der Waals surface area contributed by atoms with E-state index in [1.54, 1.807) is 0 Å². The number of ether oxygens (including phenoxy) is 1. The summed E-state index contributed by atoms with van der Waals surface area (Å²) in [5.41, 5.74) is 0. The Balaban J connectivity index is 3.81. The van der Waals surface area contributed by atoms with E-state index in [4.69, 9.17) is 9.84 Å². The summed E-state index contributed by atoms with van der Waals surface area (Å²) in [6.07, 6.45) is 0. The number of nitrogens with one attached hydrogen (secondary N) is 1. The molecule has 0 aromatic carbocycles. The van der Waals surface area contributed by atoms with Gasteiger partial charge in [-0.15, -0.1) is 11.8 Å². The van der Waals surface area contributed by atoms with Crippen LogP contribution in [0, 0.1) is 0 Å². The highest BCUT2D eigenvalue weighted by Crippen LogP contribution is 2.02. The number of thioether (sulfide) groups is 1. The van der Waals surface area contributed by atoms with Gasteiger partial charge in [-0.05, 0) is 0 Å². The number of hydrogen-bond donors (Lipinski definition) is 2. The Kier molecular flexibility index (Phi) is 6.34. The Labute approximate surface area is 80.8 Å². The number of amides is 1. The van der Waals surface area contributed by atoms with Crippen LogP contribution in [0.5, 0.6) is 0 Å². The number of aliphatic carboxylic acids is 1. The lowest BCUT2D eigenvalue weighted by Gasteiger charge is -2.11. The maximum atomic E-state index is 10.6. The fourth-order valence-corrected chi connectivity index (χ4v) is 1.39. The topological polar surface area (TPSA) is 75.6 Å². The van der Waals surface area contributed by atoms with Crippen molar-refractivity contribution in [2.24, 2.45) is 0 Å². The number of methoxy groups -OCH3 is 1. The summed E-state index contributed by atoms with van der Waals surface area (Å²) >= 11 is 1.31. The molecule has 0 saturated heterocycles. The van der Waals surface area contributed by atoms with Gasteiger partial charge in [0.1, 0.15) is 6.04 Å². The molecule has 1 atom stereocenters. The molecule has 0 rings (SSSR count). The number of hydrogen-bond acceptors (Lipinski definition) is 4. The zero-order chi connectivity index (χ0) is 10.3. The lowest BCUT2D eigenvalue weighted by atomic mass is 10.3. The second kappa shape index (κ2) is 6.73. The predicted molar refractivity (Wildman–Crippen MR) is 49.6 cm³/mol. The molecule has 0 aliphatic heterocycles. The van der Waals surface area contributed by atoms with E-state index in [1.165, 1.54) is 25.8 Å². The van der Waals surface area contributed by atoms with Crippen LogP contribution in [0.3, 0.4) is 0 Å². The Bertz CT molecular complexity index is 185. The van der Waals surface area contributed by atoms with Crippen LogP contribution < -0.4 is 5.32 Å². The number of carboxylic acids is 1. The molecule has 0 unspecified atom stereocenters. The van der Waals surface area contributed by atoms with Crippen molar-refractivity contribution in [3.63, 3.8) is 0 Å². The fraction of sp³-hybridized carbons (Fsp3) is 0.714. The van der Waals surface area contributed by atoms with Gasteiger partial charge in [-0.1, -0.05) is 0 Å². The van der Waals surface area contributed by atoms with Crippen molar-refractivity contribution >= 4 is 23.6 Å². The summed E-state index contributed by atoms with van der Waals surface area (Å²) in [5.74, 6) is -0.643. The smallest absolute Gasteiger partial charge is 0.327 e. The Hall–Kier alpha value is -0.750. The summed E-state index contributed by atoms with van der Waals surface area (Å²) in [6, 6.07) is -0.836. The molecule has 0 saturated carbocycles. The summed E-state index contributed by atoms with van der Waals surface area (Å²) < 4.78 is 4.73. The quantitative estimate of drug-likeness (QED) is 0.470. The van der Waals surface area contributed by atoms with Crippen LogP contribution >= 0.6 is 11.8 Å².